The Morgan fingerprint density at radius 2 is 1.89 bits per heavy atom. The minimum Gasteiger partial charge on any atom is -0.507 e. The Morgan fingerprint density at radius 3 is 2.57 bits per heavy atom. The third-order valence-electron chi connectivity index (χ3n) is 8.00. The van der Waals surface area contributed by atoms with E-state index in [-0.39, 0.29) is 27.7 Å². The molecule has 0 aromatic heterocycles. The van der Waals surface area contributed by atoms with Gasteiger partial charge in [0, 0.05) is 18.2 Å². The first-order chi connectivity index (χ1) is 17.6. The van der Waals surface area contributed by atoms with Gasteiger partial charge in [0.2, 0.25) is 0 Å². The van der Waals surface area contributed by atoms with Crippen molar-refractivity contribution in [3.8, 4) is 17.2 Å². The summed E-state index contributed by atoms with van der Waals surface area (Å²) in [4.78, 5) is 28.1. The van der Waals surface area contributed by atoms with E-state index in [1.807, 2.05) is 20.8 Å². The van der Waals surface area contributed by atoms with Crippen molar-refractivity contribution in [1.29, 1.82) is 0 Å². The van der Waals surface area contributed by atoms with Crippen molar-refractivity contribution in [3.05, 3.63) is 58.0 Å². The number of carbonyl (C=O) groups excluding carboxylic acids is 2. The van der Waals surface area contributed by atoms with Crippen molar-refractivity contribution >= 4 is 28.6 Å². The van der Waals surface area contributed by atoms with Gasteiger partial charge in [-0.1, -0.05) is 6.58 Å². The van der Waals surface area contributed by atoms with Crippen LogP contribution >= 0.6 is 11.8 Å². The monoisotopic (exact) mass is 522 g/mol. The first-order valence-electron chi connectivity index (χ1n) is 12.8. The maximum atomic E-state index is 12.2. The molecule has 0 radical (unpaired) electrons. The van der Waals surface area contributed by atoms with E-state index in [2.05, 4.69) is 18.4 Å². The van der Waals surface area contributed by atoms with Crippen LogP contribution < -0.4 is 14.4 Å². The highest BCUT2D eigenvalue weighted by Gasteiger charge is 2.39. The van der Waals surface area contributed by atoms with Crippen LogP contribution in [0.25, 0.3) is 0 Å². The van der Waals surface area contributed by atoms with Crippen molar-refractivity contribution in [1.82, 2.24) is 4.90 Å². The summed E-state index contributed by atoms with van der Waals surface area (Å²) >= 11 is 0.861. The molecule has 2 amide bonds. The fourth-order valence-corrected chi connectivity index (χ4v) is 6.31. The van der Waals surface area contributed by atoms with Crippen LogP contribution in [0.5, 0.6) is 17.2 Å². The summed E-state index contributed by atoms with van der Waals surface area (Å²) < 4.78 is 12.8. The molecular weight excluding hydrogens is 488 g/mol. The molecule has 196 valence electrons. The lowest BCUT2D eigenvalue weighted by Crippen LogP contribution is -2.50. The number of nitrogens with zero attached hydrogens (tertiary/aromatic N) is 2. The molecule has 0 saturated carbocycles. The van der Waals surface area contributed by atoms with Crippen molar-refractivity contribution in [2.75, 3.05) is 24.6 Å². The van der Waals surface area contributed by atoms with Crippen LogP contribution in [0, 0.1) is 20.8 Å². The lowest BCUT2D eigenvalue weighted by atomic mass is 9.87. The van der Waals surface area contributed by atoms with Crippen molar-refractivity contribution < 1.29 is 24.2 Å². The Morgan fingerprint density at radius 1 is 1.16 bits per heavy atom. The second-order valence-electron chi connectivity index (χ2n) is 10.6. The van der Waals surface area contributed by atoms with Gasteiger partial charge in [-0.25, -0.2) is 4.90 Å². The SMILES string of the molecule is C=C1SC(=O)N(c2ccc(OC[C@H]3CCCN3CC3(C)CCc4c(C)c(O)c(C)c(C)c4O3)cc2)C1=O. The van der Waals surface area contributed by atoms with Crippen LogP contribution in [-0.2, 0) is 11.2 Å². The Balaban J connectivity index is 1.22. The number of anilines is 1. The van der Waals surface area contributed by atoms with E-state index in [4.69, 9.17) is 9.47 Å². The fraction of sp³-hybridized carbons (Fsp3) is 0.448. The molecule has 3 aliphatic heterocycles. The summed E-state index contributed by atoms with van der Waals surface area (Å²) in [6.45, 7) is 14.2. The smallest absolute Gasteiger partial charge is 0.298 e. The van der Waals surface area contributed by atoms with E-state index in [0.717, 1.165) is 83.4 Å². The van der Waals surface area contributed by atoms with E-state index in [1.165, 1.54) is 0 Å². The molecule has 0 spiro atoms. The number of benzene rings is 2. The quantitative estimate of drug-likeness (QED) is 0.491. The molecule has 1 N–H and O–H groups in total. The third-order valence-corrected chi connectivity index (χ3v) is 8.78. The first-order valence-corrected chi connectivity index (χ1v) is 13.6. The first kappa shape index (κ1) is 25.7. The minimum atomic E-state index is -0.372. The van der Waals surface area contributed by atoms with Gasteiger partial charge in [-0.05, 0) is 113 Å². The fourth-order valence-electron chi connectivity index (χ4n) is 5.64. The zero-order valence-electron chi connectivity index (χ0n) is 21.9. The molecule has 3 aliphatic rings. The summed E-state index contributed by atoms with van der Waals surface area (Å²) in [6, 6.07) is 7.34. The highest BCUT2D eigenvalue weighted by Crippen LogP contribution is 2.44. The topological polar surface area (TPSA) is 79.3 Å². The third kappa shape index (κ3) is 4.73. The van der Waals surface area contributed by atoms with E-state index in [1.54, 1.807) is 24.3 Å². The van der Waals surface area contributed by atoms with Gasteiger partial charge in [0.05, 0.1) is 10.6 Å². The second-order valence-corrected chi connectivity index (χ2v) is 11.6. The molecule has 2 fully saturated rings. The molecule has 7 nitrogen and oxygen atoms in total. The molecular formula is C29H34N2O5S. The maximum absolute atomic E-state index is 12.2. The van der Waals surface area contributed by atoms with Crippen LogP contribution in [0.3, 0.4) is 0 Å². The molecule has 2 atom stereocenters. The van der Waals surface area contributed by atoms with Crippen LogP contribution in [0.15, 0.2) is 35.7 Å². The molecule has 3 heterocycles. The van der Waals surface area contributed by atoms with Crippen molar-refractivity contribution in [3.63, 3.8) is 0 Å². The summed E-state index contributed by atoms with van der Waals surface area (Å²) in [5.41, 5.74) is 4.18. The number of hydrogen-bond acceptors (Lipinski definition) is 7. The average molecular weight is 523 g/mol. The summed E-state index contributed by atoms with van der Waals surface area (Å²) in [7, 11) is 0. The number of thioether (sulfide) groups is 1. The van der Waals surface area contributed by atoms with Crippen LogP contribution in [0.1, 0.15) is 48.4 Å². The lowest BCUT2D eigenvalue weighted by Gasteiger charge is -2.41. The summed E-state index contributed by atoms with van der Waals surface area (Å²) in [6.07, 6.45) is 3.96. The van der Waals surface area contributed by atoms with E-state index in [0.29, 0.717) is 23.8 Å². The number of fused-ring (bicyclic) bond motifs is 1. The molecule has 37 heavy (non-hydrogen) atoms. The van der Waals surface area contributed by atoms with Crippen LogP contribution in [0.2, 0.25) is 0 Å². The van der Waals surface area contributed by atoms with Gasteiger partial charge < -0.3 is 14.6 Å². The minimum absolute atomic E-state index is 0.240. The van der Waals surface area contributed by atoms with Crippen molar-refractivity contribution in [2.24, 2.45) is 0 Å². The van der Waals surface area contributed by atoms with Crippen LogP contribution in [0.4, 0.5) is 10.5 Å². The molecule has 5 rings (SSSR count). The number of ether oxygens (including phenoxy) is 2. The Labute approximate surface area is 222 Å². The normalized spacial score (nSPS) is 23.9. The predicted molar refractivity (Wildman–Crippen MR) is 146 cm³/mol. The summed E-state index contributed by atoms with van der Waals surface area (Å²) in [5.74, 6) is 1.65. The molecule has 2 aromatic rings. The molecule has 2 saturated heterocycles. The maximum Gasteiger partial charge on any atom is 0.298 e. The number of phenols is 1. The number of phenolic OH excluding ortho intramolecular Hbond substituents is 1. The van der Waals surface area contributed by atoms with E-state index in [9.17, 15) is 14.7 Å². The number of likely N-dealkylation sites (tertiary alicyclic amines) is 1. The van der Waals surface area contributed by atoms with Crippen molar-refractivity contribution in [2.45, 2.75) is 65.0 Å². The van der Waals surface area contributed by atoms with Gasteiger partial charge in [-0.15, -0.1) is 0 Å². The number of carbonyl (C=O) groups is 2. The van der Waals surface area contributed by atoms with E-state index >= 15 is 0 Å². The van der Waals surface area contributed by atoms with Gasteiger partial charge in [0.15, 0.2) is 0 Å². The zero-order valence-corrected chi connectivity index (χ0v) is 22.7. The zero-order chi connectivity index (χ0) is 26.5. The highest BCUT2D eigenvalue weighted by atomic mass is 32.2. The van der Waals surface area contributed by atoms with Gasteiger partial charge in [0.25, 0.3) is 11.1 Å². The van der Waals surface area contributed by atoms with Gasteiger partial charge in [-0.3, -0.25) is 14.5 Å². The highest BCUT2D eigenvalue weighted by molar-refractivity contribution is 8.18. The molecule has 8 heteroatoms. The Bertz CT molecular complexity index is 1270. The number of aromatic hydroxyl groups is 1. The van der Waals surface area contributed by atoms with Gasteiger partial charge in [-0.2, -0.15) is 0 Å². The van der Waals surface area contributed by atoms with Crippen LogP contribution in [-0.4, -0.2) is 52.5 Å². The standard InChI is InChI=1S/C29H34N2O5S/c1-17-18(2)26-24(19(3)25(17)32)12-13-29(5,36-26)16-30-14-6-7-22(30)15-35-23-10-8-21(9-11-23)31-27(33)20(4)37-28(31)34/h8-11,22,32H,4,6-7,12-16H2,1-3,5H3/t22-,29?/m1/s1. The predicted octanol–water partition coefficient (Wildman–Crippen LogP) is 5.66. The largest absolute Gasteiger partial charge is 0.507 e. The number of rotatable bonds is 6. The molecule has 1 unspecified atom stereocenters. The Kier molecular flexibility index (Phi) is 6.75. The van der Waals surface area contributed by atoms with E-state index < -0.39 is 0 Å². The Hall–Kier alpha value is -2.97. The average Bonchev–Trinajstić information content (AvgIpc) is 3.42. The molecule has 2 aromatic carbocycles. The van der Waals surface area contributed by atoms with Gasteiger partial charge >= 0.3 is 0 Å². The number of imide groups is 1. The second kappa shape index (κ2) is 9.72. The molecule has 0 bridgehead atoms. The lowest BCUT2D eigenvalue weighted by molar-refractivity contribution is -0.113. The summed E-state index contributed by atoms with van der Waals surface area (Å²) in [5, 5.41) is 10.2. The number of hydrogen-bond donors (Lipinski definition) is 1. The van der Waals surface area contributed by atoms with Gasteiger partial charge in [0.1, 0.15) is 29.5 Å². The molecule has 0 aliphatic carbocycles. The number of amides is 2.